The molecule has 0 bridgehead atoms. The topological polar surface area (TPSA) is 7.12 Å². The van der Waals surface area contributed by atoms with E-state index in [4.69, 9.17) is 0 Å². The van der Waals surface area contributed by atoms with Crippen molar-refractivity contribution in [2.75, 3.05) is 4.90 Å². The lowest BCUT2D eigenvalue weighted by Crippen LogP contribution is -2.27. The Labute approximate surface area is 206 Å². The third-order valence-electron chi connectivity index (χ3n) is 6.71. The highest BCUT2D eigenvalue weighted by atomic mass is 15.1. The molecule has 0 aliphatic rings. The molecule has 0 N–H and O–H groups in total. The molecule has 0 aliphatic heterocycles. The van der Waals surface area contributed by atoms with Gasteiger partial charge in [0.2, 0.25) is 0 Å². The third-order valence-corrected chi connectivity index (χ3v) is 6.71. The van der Waals surface area contributed by atoms with Gasteiger partial charge in [-0.1, -0.05) is 91.0 Å². The van der Waals surface area contributed by atoms with Crippen LogP contribution in [0, 0.1) is 14.0 Å². The summed E-state index contributed by atoms with van der Waals surface area (Å²) in [7, 11) is 4.21. The van der Waals surface area contributed by atoms with Gasteiger partial charge in [0.1, 0.15) is 5.69 Å². The molecule has 35 heavy (non-hydrogen) atoms. The van der Waals surface area contributed by atoms with Crippen LogP contribution < -0.4 is 9.47 Å². The van der Waals surface area contributed by atoms with Crippen molar-refractivity contribution in [1.29, 1.82) is 0 Å². The van der Waals surface area contributed by atoms with E-state index in [2.05, 4.69) is 134 Å². The number of hydrogen-bond acceptors (Lipinski definition) is 1. The number of rotatable bonds is 4. The maximum absolute atomic E-state index is 4.21. The molecule has 2 heteroatoms. The molecule has 0 atom stereocenters. The summed E-state index contributed by atoms with van der Waals surface area (Å²) < 4.78 is 1.94. The summed E-state index contributed by atoms with van der Waals surface area (Å²) in [6.07, 6.45) is 1.99. The Kier molecular flexibility index (Phi) is 5.20. The molecule has 1 aromatic heterocycles. The maximum Gasteiger partial charge on any atom is 0.112 e. The molecule has 5 aromatic carbocycles. The fraction of sp³-hybridized carbons (Fsp3) is 0.0303. The summed E-state index contributed by atoms with van der Waals surface area (Å²) >= 11 is 0. The van der Waals surface area contributed by atoms with Gasteiger partial charge in [0.05, 0.1) is 17.6 Å². The number of fused-ring (bicyclic) bond motifs is 2. The predicted molar refractivity (Wildman–Crippen MR) is 147 cm³/mol. The van der Waals surface area contributed by atoms with Crippen molar-refractivity contribution < 1.29 is 4.57 Å². The van der Waals surface area contributed by atoms with E-state index < -0.39 is 0 Å². The molecule has 0 fully saturated rings. The van der Waals surface area contributed by atoms with Gasteiger partial charge < -0.3 is 9.47 Å². The average molecular weight is 451 g/mol. The summed E-state index contributed by atoms with van der Waals surface area (Å²) in [5.41, 5.74) is 6.90. The second kappa shape index (κ2) is 8.66. The highest BCUT2D eigenvalue weighted by molar-refractivity contribution is 6.04. The van der Waals surface area contributed by atoms with Crippen LogP contribution >= 0.6 is 0 Å². The van der Waals surface area contributed by atoms with Crippen molar-refractivity contribution in [3.8, 4) is 11.3 Å². The molecule has 0 saturated heterocycles. The Morgan fingerprint density at radius 1 is 0.600 bits per heavy atom. The van der Waals surface area contributed by atoms with E-state index >= 15 is 0 Å². The van der Waals surface area contributed by atoms with Crippen LogP contribution in [0.15, 0.2) is 128 Å². The minimum atomic E-state index is 1.09. The second-order valence-corrected chi connectivity index (χ2v) is 8.89. The average Bonchev–Trinajstić information content (AvgIpc) is 2.90. The molecule has 0 amide bonds. The Morgan fingerprint density at radius 3 is 1.80 bits per heavy atom. The third kappa shape index (κ3) is 3.70. The number of pyridine rings is 1. The number of aryl methyl sites for hydroxylation is 1. The normalized spacial score (nSPS) is 11.1. The lowest BCUT2D eigenvalue weighted by molar-refractivity contribution is -0.600. The van der Waals surface area contributed by atoms with Crippen LogP contribution in [0.25, 0.3) is 32.8 Å². The van der Waals surface area contributed by atoms with Crippen molar-refractivity contribution in [2.24, 2.45) is 0 Å². The molecule has 0 saturated carbocycles. The Balaban J connectivity index is 1.66. The SMILES string of the molecule is [CH2-][n+]1ccccc1-c1cc(N(c2cccc3ccccc23)c2cccc3ccccc23)ccc1C. The summed E-state index contributed by atoms with van der Waals surface area (Å²) in [5, 5.41) is 4.89. The van der Waals surface area contributed by atoms with Gasteiger partial charge >= 0.3 is 0 Å². The van der Waals surface area contributed by atoms with E-state index in [9.17, 15) is 0 Å². The first-order valence-corrected chi connectivity index (χ1v) is 11.9. The summed E-state index contributed by atoms with van der Waals surface area (Å²) in [6.45, 7) is 2.16. The van der Waals surface area contributed by atoms with E-state index in [-0.39, 0.29) is 0 Å². The molecule has 1 heterocycles. The lowest BCUT2D eigenvalue weighted by Gasteiger charge is -2.29. The smallest absolute Gasteiger partial charge is 0.112 e. The standard InChI is InChI=1S/C33H26N2/c1-24-20-21-27(23-30(24)31-17-7-8-22-34(31)2)35(32-18-9-13-25-11-3-5-15-28(25)32)33-19-10-14-26-12-4-6-16-29(26)33/h3-23H,2H2,1H3. The summed E-state index contributed by atoms with van der Waals surface area (Å²) in [5.74, 6) is 0. The van der Waals surface area contributed by atoms with Crippen LogP contribution in [0.2, 0.25) is 0 Å². The van der Waals surface area contributed by atoms with Crippen molar-refractivity contribution in [3.05, 3.63) is 140 Å². The molecular formula is C33H26N2. The van der Waals surface area contributed by atoms with Crippen LogP contribution in [0.1, 0.15) is 5.56 Å². The van der Waals surface area contributed by atoms with Crippen molar-refractivity contribution in [1.82, 2.24) is 0 Å². The zero-order valence-corrected chi connectivity index (χ0v) is 19.7. The number of anilines is 3. The largest absolute Gasteiger partial charge is 0.333 e. The molecule has 168 valence electrons. The van der Waals surface area contributed by atoms with E-state index in [1.165, 1.54) is 32.7 Å². The fourth-order valence-corrected chi connectivity index (χ4v) is 4.96. The minimum Gasteiger partial charge on any atom is -0.333 e. The van der Waals surface area contributed by atoms with Gasteiger partial charge in [-0.25, -0.2) is 0 Å². The van der Waals surface area contributed by atoms with Crippen LogP contribution in [-0.2, 0) is 0 Å². The number of aromatic nitrogens is 1. The zero-order chi connectivity index (χ0) is 23.8. The monoisotopic (exact) mass is 450 g/mol. The lowest BCUT2D eigenvalue weighted by atomic mass is 10.0. The van der Waals surface area contributed by atoms with Crippen molar-refractivity contribution >= 4 is 38.6 Å². The van der Waals surface area contributed by atoms with Crippen molar-refractivity contribution in [2.45, 2.75) is 6.92 Å². The van der Waals surface area contributed by atoms with Gasteiger partial charge in [-0.15, -0.1) is 0 Å². The van der Waals surface area contributed by atoms with E-state index in [0.29, 0.717) is 0 Å². The number of benzene rings is 5. The van der Waals surface area contributed by atoms with E-state index in [1.54, 1.807) is 0 Å². The van der Waals surface area contributed by atoms with E-state index in [0.717, 1.165) is 22.8 Å². The molecule has 0 aliphatic carbocycles. The molecule has 0 spiro atoms. The minimum absolute atomic E-state index is 1.09. The Morgan fingerprint density at radius 2 is 1.17 bits per heavy atom. The highest BCUT2D eigenvalue weighted by Gasteiger charge is 2.19. The van der Waals surface area contributed by atoms with Crippen LogP contribution in [0.3, 0.4) is 0 Å². The Bertz CT molecular complexity index is 1590. The first kappa shape index (κ1) is 21.0. The highest BCUT2D eigenvalue weighted by Crippen LogP contribution is 2.43. The second-order valence-electron chi connectivity index (χ2n) is 8.89. The molecule has 2 nitrogen and oxygen atoms in total. The van der Waals surface area contributed by atoms with Crippen LogP contribution in [0.5, 0.6) is 0 Å². The molecular weight excluding hydrogens is 424 g/mol. The van der Waals surface area contributed by atoms with Gasteiger partial charge in [-0.2, -0.15) is 0 Å². The van der Waals surface area contributed by atoms with Gasteiger partial charge in [0.25, 0.3) is 0 Å². The zero-order valence-electron chi connectivity index (χ0n) is 19.7. The van der Waals surface area contributed by atoms with Crippen LogP contribution in [-0.4, -0.2) is 0 Å². The quantitative estimate of drug-likeness (QED) is 0.193. The summed E-state index contributed by atoms with van der Waals surface area (Å²) in [4.78, 5) is 2.39. The molecule has 6 aromatic rings. The van der Waals surface area contributed by atoms with E-state index in [1.807, 2.05) is 16.8 Å². The summed E-state index contributed by atoms with van der Waals surface area (Å²) in [6, 6.07) is 43.2. The van der Waals surface area contributed by atoms with Gasteiger partial charge in [-0.05, 0) is 59.2 Å². The maximum atomic E-state index is 4.21. The molecule has 0 unspecified atom stereocenters. The van der Waals surface area contributed by atoms with Gasteiger partial charge in [-0.3, -0.25) is 0 Å². The number of nitrogens with zero attached hydrogens (tertiary/aromatic N) is 2. The fourth-order valence-electron chi connectivity index (χ4n) is 4.96. The van der Waals surface area contributed by atoms with Gasteiger partial charge in [0.15, 0.2) is 0 Å². The molecule has 0 radical (unpaired) electrons. The first-order valence-electron chi connectivity index (χ1n) is 11.9. The van der Waals surface area contributed by atoms with Crippen molar-refractivity contribution in [3.63, 3.8) is 0 Å². The number of hydrogen-bond donors (Lipinski definition) is 0. The first-order chi connectivity index (χ1) is 17.2. The Hall–Kier alpha value is -4.56. The predicted octanol–water partition coefficient (Wildman–Crippen LogP) is 8.37. The van der Waals surface area contributed by atoms with Crippen LogP contribution in [0.4, 0.5) is 17.1 Å². The van der Waals surface area contributed by atoms with Gasteiger partial charge in [0, 0.05) is 23.5 Å². The molecule has 6 rings (SSSR count).